The van der Waals surface area contributed by atoms with Crippen molar-refractivity contribution in [3.63, 3.8) is 0 Å². The van der Waals surface area contributed by atoms with E-state index in [-0.39, 0.29) is 18.2 Å². The summed E-state index contributed by atoms with van der Waals surface area (Å²) in [6.07, 6.45) is 2.74. The van der Waals surface area contributed by atoms with E-state index in [4.69, 9.17) is 4.74 Å². The van der Waals surface area contributed by atoms with Crippen LogP contribution in [0.2, 0.25) is 0 Å². The lowest BCUT2D eigenvalue weighted by Gasteiger charge is -2.26. The molecule has 0 heterocycles. The molecule has 0 aliphatic carbocycles. The number of hydrogen-bond acceptors (Lipinski definition) is 3. The van der Waals surface area contributed by atoms with Crippen molar-refractivity contribution in [1.29, 1.82) is 0 Å². The first-order chi connectivity index (χ1) is 6.52. The van der Waals surface area contributed by atoms with Gasteiger partial charge in [0.15, 0.2) is 0 Å². The van der Waals surface area contributed by atoms with E-state index < -0.39 is 0 Å². The summed E-state index contributed by atoms with van der Waals surface area (Å²) in [5.41, 5.74) is 0. The minimum Gasteiger partial charge on any atom is -0.447 e. The number of amides is 1. The molecule has 0 saturated carbocycles. The van der Waals surface area contributed by atoms with Crippen LogP contribution in [0.15, 0.2) is 0 Å². The summed E-state index contributed by atoms with van der Waals surface area (Å²) >= 11 is 1.75. The number of thioether (sulfide) groups is 1. The van der Waals surface area contributed by atoms with Gasteiger partial charge in [-0.3, -0.25) is 0 Å². The number of carbonyl (C=O) groups is 1. The molecule has 1 atom stereocenters. The van der Waals surface area contributed by atoms with Crippen molar-refractivity contribution in [1.82, 2.24) is 4.90 Å². The zero-order valence-electron chi connectivity index (χ0n) is 9.74. The molecule has 3 nitrogen and oxygen atoms in total. The summed E-state index contributed by atoms with van der Waals surface area (Å²) in [4.78, 5) is 13.2. The Balaban J connectivity index is 4.12. The molecule has 14 heavy (non-hydrogen) atoms. The summed E-state index contributed by atoms with van der Waals surface area (Å²) in [6, 6.07) is 0.274. The molecular weight excluding hydrogens is 198 g/mol. The zero-order valence-corrected chi connectivity index (χ0v) is 10.6. The van der Waals surface area contributed by atoms with Gasteiger partial charge in [-0.25, -0.2) is 4.79 Å². The van der Waals surface area contributed by atoms with Crippen molar-refractivity contribution in [3.05, 3.63) is 0 Å². The number of ether oxygens (including phenoxy) is 1. The van der Waals surface area contributed by atoms with Crippen LogP contribution < -0.4 is 0 Å². The molecule has 4 heteroatoms. The Morgan fingerprint density at radius 3 is 2.43 bits per heavy atom. The van der Waals surface area contributed by atoms with Gasteiger partial charge in [-0.1, -0.05) is 6.92 Å². The fourth-order valence-corrected chi connectivity index (χ4v) is 1.97. The van der Waals surface area contributed by atoms with E-state index in [0.717, 1.165) is 12.2 Å². The molecule has 0 aliphatic heterocycles. The van der Waals surface area contributed by atoms with Crippen molar-refractivity contribution >= 4 is 17.9 Å². The first kappa shape index (κ1) is 13.6. The van der Waals surface area contributed by atoms with Crippen LogP contribution in [0.3, 0.4) is 0 Å². The molecule has 0 spiro atoms. The van der Waals surface area contributed by atoms with Gasteiger partial charge in [-0.2, -0.15) is 11.8 Å². The van der Waals surface area contributed by atoms with Crippen LogP contribution in [0, 0.1) is 0 Å². The molecule has 1 amide bonds. The largest absolute Gasteiger partial charge is 0.447 e. The van der Waals surface area contributed by atoms with Crippen LogP contribution >= 0.6 is 11.8 Å². The molecule has 0 radical (unpaired) electrons. The molecule has 0 aromatic heterocycles. The first-order valence-electron chi connectivity index (χ1n) is 4.95. The van der Waals surface area contributed by atoms with E-state index in [9.17, 15) is 4.79 Å². The van der Waals surface area contributed by atoms with Crippen LogP contribution in [-0.4, -0.2) is 42.2 Å². The average molecular weight is 219 g/mol. The van der Waals surface area contributed by atoms with Gasteiger partial charge in [-0.15, -0.1) is 0 Å². The maximum Gasteiger partial charge on any atom is 0.410 e. The topological polar surface area (TPSA) is 29.5 Å². The molecule has 84 valence electrons. The Bertz CT molecular complexity index is 174. The first-order valence-corrected chi connectivity index (χ1v) is 6.34. The standard InChI is InChI=1S/C10H21NO2S/c1-6-9(7-14-5)11(4)10(12)13-8(2)3/h8-9H,6-7H2,1-5H3. The highest BCUT2D eigenvalue weighted by Crippen LogP contribution is 2.10. The summed E-state index contributed by atoms with van der Waals surface area (Å²) in [5.74, 6) is 0.959. The maximum absolute atomic E-state index is 11.5. The van der Waals surface area contributed by atoms with Crippen molar-refractivity contribution in [3.8, 4) is 0 Å². The Morgan fingerprint density at radius 2 is 2.07 bits per heavy atom. The van der Waals surface area contributed by atoms with Crippen LogP contribution in [0.4, 0.5) is 4.79 Å². The predicted molar refractivity (Wildman–Crippen MR) is 61.8 cm³/mol. The lowest BCUT2D eigenvalue weighted by Crippen LogP contribution is -2.39. The third-order valence-electron chi connectivity index (χ3n) is 2.00. The molecule has 0 aliphatic rings. The number of hydrogen-bond donors (Lipinski definition) is 0. The third kappa shape index (κ3) is 4.74. The Morgan fingerprint density at radius 1 is 1.50 bits per heavy atom. The highest BCUT2D eigenvalue weighted by atomic mass is 32.2. The number of carbonyl (C=O) groups excluding carboxylic acids is 1. The molecule has 0 saturated heterocycles. The smallest absolute Gasteiger partial charge is 0.410 e. The van der Waals surface area contributed by atoms with E-state index in [2.05, 4.69) is 6.92 Å². The zero-order chi connectivity index (χ0) is 11.1. The van der Waals surface area contributed by atoms with Gasteiger partial charge in [-0.05, 0) is 26.5 Å². The van der Waals surface area contributed by atoms with Gasteiger partial charge >= 0.3 is 6.09 Å². The average Bonchev–Trinajstić information content (AvgIpc) is 2.12. The van der Waals surface area contributed by atoms with E-state index in [1.54, 1.807) is 23.7 Å². The quantitative estimate of drug-likeness (QED) is 0.712. The van der Waals surface area contributed by atoms with Crippen molar-refractivity contribution in [2.24, 2.45) is 0 Å². The second kappa shape index (κ2) is 6.98. The lowest BCUT2D eigenvalue weighted by molar-refractivity contribution is 0.0746. The van der Waals surface area contributed by atoms with E-state index in [1.165, 1.54) is 0 Å². The van der Waals surface area contributed by atoms with Crippen LogP contribution in [-0.2, 0) is 4.74 Å². The molecular formula is C10H21NO2S. The molecule has 0 bridgehead atoms. The van der Waals surface area contributed by atoms with E-state index in [0.29, 0.717) is 0 Å². The predicted octanol–water partition coefficient (Wildman–Crippen LogP) is 2.60. The van der Waals surface area contributed by atoms with Crippen LogP contribution in [0.1, 0.15) is 27.2 Å². The van der Waals surface area contributed by atoms with Gasteiger partial charge in [0, 0.05) is 18.8 Å². The number of nitrogens with zero attached hydrogens (tertiary/aromatic N) is 1. The van der Waals surface area contributed by atoms with Gasteiger partial charge in [0.2, 0.25) is 0 Å². The number of rotatable bonds is 5. The van der Waals surface area contributed by atoms with E-state index >= 15 is 0 Å². The Hall–Kier alpha value is -0.380. The molecule has 0 aromatic rings. The van der Waals surface area contributed by atoms with Crippen molar-refractivity contribution in [2.45, 2.75) is 39.3 Å². The summed E-state index contributed by atoms with van der Waals surface area (Å²) in [7, 11) is 1.80. The van der Waals surface area contributed by atoms with Crippen molar-refractivity contribution in [2.75, 3.05) is 19.1 Å². The Kier molecular flexibility index (Phi) is 6.79. The van der Waals surface area contributed by atoms with Gasteiger partial charge in [0.1, 0.15) is 0 Å². The Labute approximate surface area is 91.2 Å². The SMILES string of the molecule is CCC(CSC)N(C)C(=O)OC(C)C. The molecule has 0 rings (SSSR count). The van der Waals surface area contributed by atoms with Gasteiger partial charge in [0.25, 0.3) is 0 Å². The highest BCUT2D eigenvalue weighted by molar-refractivity contribution is 7.98. The fourth-order valence-electron chi connectivity index (χ4n) is 1.13. The van der Waals surface area contributed by atoms with Gasteiger partial charge in [0.05, 0.1) is 6.10 Å². The fraction of sp³-hybridized carbons (Fsp3) is 0.900. The monoisotopic (exact) mass is 219 g/mol. The molecule has 1 unspecified atom stereocenters. The van der Waals surface area contributed by atoms with Crippen molar-refractivity contribution < 1.29 is 9.53 Å². The minimum absolute atomic E-state index is 0.0447. The highest BCUT2D eigenvalue weighted by Gasteiger charge is 2.19. The molecule has 0 aromatic carbocycles. The summed E-state index contributed by atoms with van der Waals surface area (Å²) in [6.45, 7) is 5.81. The van der Waals surface area contributed by atoms with E-state index in [1.807, 2.05) is 20.1 Å². The maximum atomic E-state index is 11.5. The summed E-state index contributed by atoms with van der Waals surface area (Å²) < 4.78 is 5.12. The summed E-state index contributed by atoms with van der Waals surface area (Å²) in [5, 5.41) is 0. The minimum atomic E-state index is -0.221. The van der Waals surface area contributed by atoms with Crippen LogP contribution in [0.5, 0.6) is 0 Å². The normalized spacial score (nSPS) is 12.7. The second-order valence-electron chi connectivity index (χ2n) is 3.56. The molecule has 0 N–H and O–H groups in total. The molecule has 0 fully saturated rings. The van der Waals surface area contributed by atoms with Crippen LogP contribution in [0.25, 0.3) is 0 Å². The van der Waals surface area contributed by atoms with Gasteiger partial charge < -0.3 is 9.64 Å². The third-order valence-corrected chi connectivity index (χ3v) is 2.72. The lowest BCUT2D eigenvalue weighted by atomic mass is 10.2. The second-order valence-corrected chi connectivity index (χ2v) is 4.47.